The maximum absolute atomic E-state index is 10.9. The quantitative estimate of drug-likeness (QED) is 0.333. The molecule has 0 bridgehead atoms. The Labute approximate surface area is 124 Å². The van der Waals surface area contributed by atoms with Crippen molar-refractivity contribution in [1.82, 2.24) is 0 Å². The Hall–Kier alpha value is 0.405. The third-order valence-corrected chi connectivity index (χ3v) is 4.40. The Morgan fingerprint density at radius 2 is 1.24 bits per heavy atom. The van der Waals surface area contributed by atoms with E-state index in [9.17, 15) is 4.79 Å². The zero-order valence-corrected chi connectivity index (χ0v) is 17.0. The predicted octanol–water partition coefficient (Wildman–Crippen LogP) is 4.69. The predicted molar refractivity (Wildman–Crippen MR) is 67.2 cm³/mol. The van der Waals surface area contributed by atoms with Crippen LogP contribution >= 0.6 is 0 Å². The van der Waals surface area contributed by atoms with Crippen molar-refractivity contribution in [3.05, 3.63) is 0 Å². The summed E-state index contributed by atoms with van der Waals surface area (Å²) >= 11 is 0.178. The van der Waals surface area contributed by atoms with Crippen molar-refractivity contribution in [2.75, 3.05) is 0 Å². The van der Waals surface area contributed by atoms with E-state index in [4.69, 9.17) is 2.64 Å². The van der Waals surface area contributed by atoms with Crippen LogP contribution in [-0.2, 0) is 34.0 Å². The molecule has 0 atom stereocenters. The van der Waals surface area contributed by atoms with Gasteiger partial charge in [0.05, 0.1) is 0 Å². The Morgan fingerprint density at radius 1 is 0.824 bits per heavy atom. The molecule has 0 aromatic rings. The fourth-order valence-electron chi connectivity index (χ4n) is 2.01. The van der Waals surface area contributed by atoms with E-state index in [-0.39, 0.29) is 32.5 Å². The van der Waals surface area contributed by atoms with Gasteiger partial charge in [0.1, 0.15) is 0 Å². The van der Waals surface area contributed by atoms with E-state index >= 15 is 0 Å². The van der Waals surface area contributed by atoms with E-state index in [1.807, 2.05) is 0 Å². The third kappa shape index (κ3) is 14.3. The Balaban J connectivity index is 2.96. The molecule has 0 amide bonds. The molecule has 0 aliphatic rings. The van der Waals surface area contributed by atoms with E-state index in [1.54, 1.807) is 0 Å². The Morgan fingerprint density at radius 3 is 1.65 bits per heavy atom. The molecule has 97 valence electrons. The van der Waals surface area contributed by atoms with Gasteiger partial charge in [-0.1, -0.05) is 19.8 Å². The van der Waals surface area contributed by atoms with Crippen LogP contribution in [0.25, 0.3) is 0 Å². The van der Waals surface area contributed by atoms with E-state index < -0.39 is 0 Å². The molecule has 0 aromatic carbocycles. The number of hydrogen-bond donors (Lipinski definition) is 0. The molecule has 0 N–H and O–H groups in total. The summed E-state index contributed by atoms with van der Waals surface area (Å²) in [5.41, 5.74) is 0. The Bertz CT molecular complexity index is 172. The summed E-state index contributed by atoms with van der Waals surface area (Å²) in [5, 5.41) is 0. The minimum absolute atomic E-state index is 0.0178. The van der Waals surface area contributed by atoms with Crippen molar-refractivity contribution in [1.29, 1.82) is 0 Å². The molecule has 0 rings (SSSR count). The minimum atomic E-state index is 0.0178. The number of hydrogen-bond acceptors (Lipinski definition) is 2. The van der Waals surface area contributed by atoms with Gasteiger partial charge >= 0.3 is 104 Å². The van der Waals surface area contributed by atoms with Gasteiger partial charge in [0.2, 0.25) is 0 Å². The van der Waals surface area contributed by atoms with Crippen molar-refractivity contribution in [3.63, 3.8) is 0 Å². The van der Waals surface area contributed by atoms with Crippen LogP contribution in [0.5, 0.6) is 0 Å². The summed E-state index contributed by atoms with van der Waals surface area (Å²) in [6.07, 6.45) is 15.2. The van der Waals surface area contributed by atoms with Crippen LogP contribution in [0.2, 0.25) is 0 Å². The van der Waals surface area contributed by atoms with Gasteiger partial charge in [-0.05, 0) is 0 Å². The summed E-state index contributed by atoms with van der Waals surface area (Å²) < 4.78 is 4.80. The summed E-state index contributed by atoms with van der Waals surface area (Å²) in [6, 6.07) is 0. The van der Waals surface area contributed by atoms with Crippen LogP contribution in [-0.4, -0.2) is 5.97 Å². The van der Waals surface area contributed by atoms with Gasteiger partial charge in [-0.15, -0.1) is 0 Å². The summed E-state index contributed by atoms with van der Waals surface area (Å²) in [5.74, 6) is 0.0178. The zero-order valence-electron chi connectivity index (χ0n) is 11.5. The second-order valence-electron chi connectivity index (χ2n) is 4.80. The van der Waals surface area contributed by atoms with Crippen molar-refractivity contribution in [3.8, 4) is 0 Å². The van der Waals surface area contributed by atoms with Gasteiger partial charge in [-0.3, -0.25) is 0 Å². The first kappa shape index (κ1) is 17.4. The van der Waals surface area contributed by atoms with Crippen molar-refractivity contribution >= 4 is 5.97 Å². The third-order valence-electron chi connectivity index (χ3n) is 3.15. The average Bonchev–Trinajstić information content (AvgIpc) is 2.35. The van der Waals surface area contributed by atoms with Crippen molar-refractivity contribution in [2.45, 2.75) is 84.0 Å². The van der Waals surface area contributed by atoms with Gasteiger partial charge in [0.25, 0.3) is 0 Å². The molecule has 0 spiro atoms. The van der Waals surface area contributed by atoms with Gasteiger partial charge in [0, 0.05) is 0 Å². The van der Waals surface area contributed by atoms with Crippen LogP contribution < -0.4 is 0 Å². The molecular formula is C14H27HgO2. The van der Waals surface area contributed by atoms with Crippen LogP contribution in [0, 0.1) is 0 Å². The molecule has 3 heteroatoms. The second kappa shape index (κ2) is 14.5. The molecule has 0 saturated heterocycles. The fourth-order valence-corrected chi connectivity index (χ4v) is 2.57. The van der Waals surface area contributed by atoms with E-state index in [0.717, 1.165) is 6.42 Å². The summed E-state index contributed by atoms with van der Waals surface area (Å²) in [7, 11) is 0. The first-order valence-electron chi connectivity index (χ1n) is 7.26. The van der Waals surface area contributed by atoms with Crippen molar-refractivity contribution < 1.29 is 34.0 Å². The molecule has 2 nitrogen and oxygen atoms in total. The molecule has 0 fully saturated rings. The van der Waals surface area contributed by atoms with E-state index in [0.29, 0.717) is 6.42 Å². The number of unbranched alkanes of at least 4 members (excludes halogenated alkanes) is 10. The van der Waals surface area contributed by atoms with Gasteiger partial charge in [0.15, 0.2) is 0 Å². The molecule has 0 aliphatic heterocycles. The van der Waals surface area contributed by atoms with Crippen LogP contribution in [0.4, 0.5) is 0 Å². The molecule has 0 radical (unpaired) electrons. The number of rotatable bonds is 12. The molecule has 0 aromatic heterocycles. The van der Waals surface area contributed by atoms with Crippen LogP contribution in [0.3, 0.4) is 0 Å². The molecule has 17 heavy (non-hydrogen) atoms. The van der Waals surface area contributed by atoms with Gasteiger partial charge < -0.3 is 0 Å². The Kier molecular flexibility index (Phi) is 14.8. The summed E-state index contributed by atoms with van der Waals surface area (Å²) in [4.78, 5) is 10.9. The SMILES string of the molecule is CCCCCCCCCCCCCC(=O)[O][Hg]. The van der Waals surface area contributed by atoms with Crippen molar-refractivity contribution in [2.24, 2.45) is 0 Å². The molecule has 0 aliphatic carbocycles. The zero-order chi connectivity index (χ0) is 12.8. The number of carbonyl (C=O) groups excluding carboxylic acids is 1. The van der Waals surface area contributed by atoms with E-state index in [1.165, 1.54) is 64.2 Å². The topological polar surface area (TPSA) is 26.3 Å². The van der Waals surface area contributed by atoms with E-state index in [2.05, 4.69) is 6.92 Å². The summed E-state index contributed by atoms with van der Waals surface area (Å²) in [6.45, 7) is 2.26. The molecule has 0 unspecified atom stereocenters. The average molecular weight is 428 g/mol. The molecular weight excluding hydrogens is 401 g/mol. The van der Waals surface area contributed by atoms with Gasteiger partial charge in [-0.2, -0.15) is 0 Å². The standard InChI is InChI=1S/C14H28O2.Hg/c1-2-3-4-5-6-7-8-9-10-11-12-13-14(15)16;/h2-13H2,1H3,(H,15,16);/q;+1/p-1. The second-order valence-corrected chi connectivity index (χ2v) is 5.92. The maximum atomic E-state index is 10.9. The molecule has 0 saturated carbocycles. The van der Waals surface area contributed by atoms with Gasteiger partial charge in [-0.25, -0.2) is 0 Å². The molecule has 0 heterocycles. The first-order chi connectivity index (χ1) is 8.31. The number of carbonyl (C=O) groups is 1. The monoisotopic (exact) mass is 429 g/mol. The first-order valence-corrected chi connectivity index (χ1v) is 9.50. The van der Waals surface area contributed by atoms with Crippen LogP contribution in [0.1, 0.15) is 84.0 Å². The fraction of sp³-hybridized carbons (Fsp3) is 0.929. The normalized spacial score (nSPS) is 10.5. The van der Waals surface area contributed by atoms with Crippen LogP contribution in [0.15, 0.2) is 0 Å².